The maximum atomic E-state index is 3.71. The van der Waals surface area contributed by atoms with E-state index in [0.717, 1.165) is 25.4 Å². The van der Waals surface area contributed by atoms with Crippen LogP contribution in [0.3, 0.4) is 0 Å². The molecule has 2 heteroatoms. The lowest BCUT2D eigenvalue weighted by molar-refractivity contribution is 0.144. The second-order valence-corrected chi connectivity index (χ2v) is 6.02. The molecule has 1 aromatic carbocycles. The average Bonchev–Trinajstić information content (AvgIpc) is 2.33. The van der Waals surface area contributed by atoms with Crippen LogP contribution in [0.5, 0.6) is 0 Å². The van der Waals surface area contributed by atoms with E-state index in [2.05, 4.69) is 61.4 Å². The molecule has 1 saturated heterocycles. The number of piperazine rings is 1. The van der Waals surface area contributed by atoms with E-state index in [-0.39, 0.29) is 0 Å². The minimum atomic E-state index is 0.598. The van der Waals surface area contributed by atoms with E-state index in [1.807, 2.05) is 0 Å². The highest BCUT2D eigenvalue weighted by molar-refractivity contribution is 5.16. The molecule has 2 unspecified atom stereocenters. The third-order valence-electron chi connectivity index (χ3n) is 3.84. The Kier molecular flexibility index (Phi) is 4.79. The topological polar surface area (TPSA) is 15.3 Å². The molecule has 0 bridgehead atoms. The standard InChI is InChI=1S/C16H26N2/c1-13(2)9-16-11-17-15(12-18(16)3)10-14-7-5-4-6-8-14/h4-8,13,15-17H,9-12H2,1-3H3. The summed E-state index contributed by atoms with van der Waals surface area (Å²) in [5.74, 6) is 0.782. The van der Waals surface area contributed by atoms with Gasteiger partial charge >= 0.3 is 0 Å². The van der Waals surface area contributed by atoms with Crippen molar-refractivity contribution >= 4 is 0 Å². The number of nitrogens with zero attached hydrogens (tertiary/aromatic N) is 1. The predicted molar refractivity (Wildman–Crippen MR) is 77.8 cm³/mol. The average molecular weight is 246 g/mol. The van der Waals surface area contributed by atoms with Gasteiger partial charge in [0.15, 0.2) is 0 Å². The summed E-state index contributed by atoms with van der Waals surface area (Å²) in [7, 11) is 2.27. The van der Waals surface area contributed by atoms with Crippen LogP contribution in [0.15, 0.2) is 30.3 Å². The molecular weight excluding hydrogens is 220 g/mol. The maximum absolute atomic E-state index is 3.71. The highest BCUT2D eigenvalue weighted by atomic mass is 15.2. The van der Waals surface area contributed by atoms with E-state index in [1.54, 1.807) is 0 Å². The predicted octanol–water partition coefficient (Wildman–Crippen LogP) is 2.55. The number of likely N-dealkylation sites (N-methyl/N-ethyl adjacent to an activating group) is 1. The lowest BCUT2D eigenvalue weighted by Crippen LogP contribution is -2.55. The van der Waals surface area contributed by atoms with Gasteiger partial charge < -0.3 is 10.2 Å². The van der Waals surface area contributed by atoms with Gasteiger partial charge in [-0.25, -0.2) is 0 Å². The number of benzene rings is 1. The number of hydrogen-bond donors (Lipinski definition) is 1. The first-order chi connectivity index (χ1) is 8.65. The van der Waals surface area contributed by atoms with Crippen molar-refractivity contribution in [3.63, 3.8) is 0 Å². The molecule has 1 aliphatic heterocycles. The molecule has 0 radical (unpaired) electrons. The summed E-state index contributed by atoms with van der Waals surface area (Å²) in [6.45, 7) is 6.91. The molecule has 0 spiro atoms. The molecule has 1 heterocycles. The molecule has 1 fully saturated rings. The summed E-state index contributed by atoms with van der Waals surface area (Å²) >= 11 is 0. The van der Waals surface area contributed by atoms with Gasteiger partial charge in [0.2, 0.25) is 0 Å². The lowest BCUT2D eigenvalue weighted by Gasteiger charge is -2.39. The second-order valence-electron chi connectivity index (χ2n) is 6.02. The molecule has 18 heavy (non-hydrogen) atoms. The van der Waals surface area contributed by atoms with Crippen LogP contribution in [0.2, 0.25) is 0 Å². The second kappa shape index (κ2) is 6.35. The Bertz CT molecular complexity index is 347. The van der Waals surface area contributed by atoms with Gasteiger partial charge in [-0.15, -0.1) is 0 Å². The summed E-state index contributed by atoms with van der Waals surface area (Å²) in [6, 6.07) is 12.1. The van der Waals surface area contributed by atoms with Gasteiger partial charge in [0, 0.05) is 25.2 Å². The molecule has 2 atom stereocenters. The Balaban J connectivity index is 1.85. The minimum absolute atomic E-state index is 0.598. The molecule has 100 valence electrons. The Hall–Kier alpha value is -0.860. The van der Waals surface area contributed by atoms with E-state index < -0.39 is 0 Å². The van der Waals surface area contributed by atoms with Crippen LogP contribution in [0, 0.1) is 5.92 Å². The monoisotopic (exact) mass is 246 g/mol. The van der Waals surface area contributed by atoms with Gasteiger partial charge in [-0.05, 0) is 31.4 Å². The lowest BCUT2D eigenvalue weighted by atomic mass is 9.97. The Morgan fingerprint density at radius 3 is 2.61 bits per heavy atom. The third-order valence-corrected chi connectivity index (χ3v) is 3.84. The summed E-state index contributed by atoms with van der Waals surface area (Å²) in [5, 5.41) is 3.71. The molecule has 1 aromatic rings. The molecule has 1 N–H and O–H groups in total. The van der Waals surface area contributed by atoms with Crippen molar-refractivity contribution in [3.8, 4) is 0 Å². The number of hydrogen-bond acceptors (Lipinski definition) is 2. The highest BCUT2D eigenvalue weighted by Crippen LogP contribution is 2.15. The van der Waals surface area contributed by atoms with Crippen LogP contribution in [-0.2, 0) is 6.42 Å². The summed E-state index contributed by atoms with van der Waals surface area (Å²) in [5.41, 5.74) is 1.44. The SMILES string of the molecule is CC(C)CC1CNC(Cc2ccccc2)CN1C. The van der Waals surface area contributed by atoms with Crippen molar-refractivity contribution in [1.82, 2.24) is 10.2 Å². The first-order valence-electron chi connectivity index (χ1n) is 7.12. The molecule has 2 nitrogen and oxygen atoms in total. The van der Waals surface area contributed by atoms with Gasteiger partial charge in [-0.1, -0.05) is 44.2 Å². The zero-order chi connectivity index (χ0) is 13.0. The zero-order valence-electron chi connectivity index (χ0n) is 11.9. The van der Waals surface area contributed by atoms with Gasteiger partial charge in [0.05, 0.1) is 0 Å². The van der Waals surface area contributed by atoms with E-state index >= 15 is 0 Å². The number of rotatable bonds is 4. The van der Waals surface area contributed by atoms with E-state index in [1.165, 1.54) is 12.0 Å². The van der Waals surface area contributed by atoms with Crippen LogP contribution in [0.1, 0.15) is 25.8 Å². The van der Waals surface area contributed by atoms with E-state index in [0.29, 0.717) is 12.1 Å². The van der Waals surface area contributed by atoms with Crippen molar-refractivity contribution in [1.29, 1.82) is 0 Å². The van der Waals surface area contributed by atoms with E-state index in [4.69, 9.17) is 0 Å². The van der Waals surface area contributed by atoms with Gasteiger partial charge in [-0.2, -0.15) is 0 Å². The molecule has 1 aliphatic rings. The fourth-order valence-electron chi connectivity index (χ4n) is 2.86. The van der Waals surface area contributed by atoms with Crippen molar-refractivity contribution in [3.05, 3.63) is 35.9 Å². The van der Waals surface area contributed by atoms with Crippen LogP contribution >= 0.6 is 0 Å². The first-order valence-corrected chi connectivity index (χ1v) is 7.12. The minimum Gasteiger partial charge on any atom is -0.311 e. The molecule has 0 amide bonds. The van der Waals surface area contributed by atoms with Crippen LogP contribution in [0.4, 0.5) is 0 Å². The van der Waals surface area contributed by atoms with Crippen molar-refractivity contribution in [2.24, 2.45) is 5.92 Å². The summed E-state index contributed by atoms with van der Waals surface area (Å²) in [4.78, 5) is 2.53. The summed E-state index contributed by atoms with van der Waals surface area (Å²) < 4.78 is 0. The molecule has 0 saturated carbocycles. The van der Waals surface area contributed by atoms with Crippen molar-refractivity contribution < 1.29 is 0 Å². The van der Waals surface area contributed by atoms with Gasteiger partial charge in [-0.3, -0.25) is 0 Å². The van der Waals surface area contributed by atoms with Crippen molar-refractivity contribution in [2.75, 3.05) is 20.1 Å². The molecule has 0 aromatic heterocycles. The number of nitrogens with one attached hydrogen (secondary N) is 1. The Morgan fingerprint density at radius 2 is 2.00 bits per heavy atom. The van der Waals surface area contributed by atoms with Gasteiger partial charge in [0.25, 0.3) is 0 Å². The van der Waals surface area contributed by atoms with Gasteiger partial charge in [0.1, 0.15) is 0 Å². The zero-order valence-corrected chi connectivity index (χ0v) is 11.9. The fourth-order valence-corrected chi connectivity index (χ4v) is 2.86. The van der Waals surface area contributed by atoms with Crippen LogP contribution < -0.4 is 5.32 Å². The molecule has 0 aliphatic carbocycles. The maximum Gasteiger partial charge on any atom is 0.0236 e. The highest BCUT2D eigenvalue weighted by Gasteiger charge is 2.25. The largest absolute Gasteiger partial charge is 0.311 e. The normalized spacial score (nSPS) is 25.6. The van der Waals surface area contributed by atoms with Crippen LogP contribution in [-0.4, -0.2) is 37.1 Å². The fraction of sp³-hybridized carbons (Fsp3) is 0.625. The smallest absolute Gasteiger partial charge is 0.0236 e. The van der Waals surface area contributed by atoms with E-state index in [9.17, 15) is 0 Å². The quantitative estimate of drug-likeness (QED) is 0.878. The molecular formula is C16H26N2. The molecule has 2 rings (SSSR count). The Morgan fingerprint density at radius 1 is 1.28 bits per heavy atom. The third kappa shape index (κ3) is 3.82. The first kappa shape index (κ1) is 13.6. The van der Waals surface area contributed by atoms with Crippen molar-refractivity contribution in [2.45, 2.75) is 38.8 Å². The van der Waals surface area contributed by atoms with Crippen LogP contribution in [0.25, 0.3) is 0 Å². The summed E-state index contributed by atoms with van der Waals surface area (Å²) in [6.07, 6.45) is 2.43. The Labute approximate surface area is 111 Å².